The van der Waals surface area contributed by atoms with E-state index in [1.54, 1.807) is 18.2 Å². The van der Waals surface area contributed by atoms with Crippen molar-refractivity contribution in [3.63, 3.8) is 0 Å². The summed E-state index contributed by atoms with van der Waals surface area (Å²) >= 11 is 3.31. The molecule has 2 nitrogen and oxygen atoms in total. The lowest BCUT2D eigenvalue weighted by molar-refractivity contribution is 0.0986. The SMILES string of the molecule is CCCC(Br)C(=O)c1ccccc1O. The van der Waals surface area contributed by atoms with Crippen molar-refractivity contribution in [1.29, 1.82) is 0 Å². The van der Waals surface area contributed by atoms with Crippen LogP contribution >= 0.6 is 15.9 Å². The Morgan fingerprint density at radius 2 is 2.14 bits per heavy atom. The number of benzene rings is 1. The molecule has 1 unspecified atom stereocenters. The lowest BCUT2D eigenvalue weighted by atomic mass is 10.0. The Bertz CT molecular complexity index is 323. The number of halogens is 1. The number of rotatable bonds is 4. The predicted molar refractivity (Wildman–Crippen MR) is 60.1 cm³/mol. The van der Waals surface area contributed by atoms with E-state index in [2.05, 4.69) is 15.9 Å². The van der Waals surface area contributed by atoms with Crippen LogP contribution in [0.5, 0.6) is 5.75 Å². The number of carbonyl (C=O) groups excluding carboxylic acids is 1. The third-order valence-electron chi connectivity index (χ3n) is 2.00. The molecule has 14 heavy (non-hydrogen) atoms. The zero-order chi connectivity index (χ0) is 10.6. The first-order valence-electron chi connectivity index (χ1n) is 4.63. The molecule has 0 fully saturated rings. The Kier molecular flexibility index (Phi) is 4.14. The van der Waals surface area contributed by atoms with Gasteiger partial charge in [-0.1, -0.05) is 41.4 Å². The summed E-state index contributed by atoms with van der Waals surface area (Å²) in [5.41, 5.74) is 0.392. The fourth-order valence-electron chi connectivity index (χ4n) is 1.24. The topological polar surface area (TPSA) is 37.3 Å². The number of ketones is 1. The van der Waals surface area contributed by atoms with Gasteiger partial charge in [0.15, 0.2) is 5.78 Å². The second-order valence-corrected chi connectivity index (χ2v) is 4.24. The van der Waals surface area contributed by atoms with Crippen molar-refractivity contribution in [2.24, 2.45) is 0 Å². The minimum atomic E-state index is -0.194. The Labute approximate surface area is 92.1 Å². The molecule has 0 radical (unpaired) electrons. The van der Waals surface area contributed by atoms with Crippen LogP contribution in [0.25, 0.3) is 0 Å². The molecule has 0 heterocycles. The molecule has 0 saturated carbocycles. The number of alkyl halides is 1. The molecule has 0 amide bonds. The number of carbonyl (C=O) groups is 1. The van der Waals surface area contributed by atoms with Crippen LogP contribution in [-0.2, 0) is 0 Å². The van der Waals surface area contributed by atoms with E-state index in [-0.39, 0.29) is 16.4 Å². The highest BCUT2D eigenvalue weighted by atomic mass is 79.9. The van der Waals surface area contributed by atoms with Gasteiger partial charge in [-0.25, -0.2) is 0 Å². The van der Waals surface area contributed by atoms with Crippen molar-refractivity contribution in [2.75, 3.05) is 0 Å². The summed E-state index contributed by atoms with van der Waals surface area (Å²) in [6.07, 6.45) is 1.72. The van der Waals surface area contributed by atoms with Crippen LogP contribution in [0.15, 0.2) is 24.3 Å². The minimum Gasteiger partial charge on any atom is -0.507 e. The van der Waals surface area contributed by atoms with Crippen LogP contribution in [0.2, 0.25) is 0 Å². The summed E-state index contributed by atoms with van der Waals surface area (Å²) in [4.78, 5) is 11.6. The number of phenolic OH excluding ortho intramolecular Hbond substituents is 1. The van der Waals surface area contributed by atoms with Gasteiger partial charge in [-0.15, -0.1) is 0 Å². The van der Waals surface area contributed by atoms with Crippen molar-refractivity contribution >= 4 is 21.7 Å². The lowest BCUT2D eigenvalue weighted by Gasteiger charge is -2.08. The summed E-state index contributed by atoms with van der Waals surface area (Å²) in [5, 5.41) is 9.46. The summed E-state index contributed by atoms with van der Waals surface area (Å²) in [6, 6.07) is 6.62. The number of aromatic hydroxyl groups is 1. The van der Waals surface area contributed by atoms with Gasteiger partial charge in [0.25, 0.3) is 0 Å². The minimum absolute atomic E-state index is 0.0510. The van der Waals surface area contributed by atoms with E-state index in [0.717, 1.165) is 12.8 Å². The Morgan fingerprint density at radius 1 is 1.50 bits per heavy atom. The van der Waals surface area contributed by atoms with Crippen molar-refractivity contribution in [3.8, 4) is 5.75 Å². The van der Waals surface area contributed by atoms with Crippen LogP contribution in [0.4, 0.5) is 0 Å². The van der Waals surface area contributed by atoms with Crippen molar-refractivity contribution < 1.29 is 9.90 Å². The normalized spacial score (nSPS) is 12.4. The monoisotopic (exact) mass is 256 g/mol. The molecule has 0 spiro atoms. The van der Waals surface area contributed by atoms with Crippen molar-refractivity contribution in [2.45, 2.75) is 24.6 Å². The van der Waals surface area contributed by atoms with E-state index < -0.39 is 0 Å². The van der Waals surface area contributed by atoms with E-state index in [0.29, 0.717) is 5.56 Å². The van der Waals surface area contributed by atoms with Crippen molar-refractivity contribution in [3.05, 3.63) is 29.8 Å². The van der Waals surface area contributed by atoms with Crippen LogP contribution in [0, 0.1) is 0 Å². The number of phenols is 1. The first kappa shape index (κ1) is 11.2. The van der Waals surface area contributed by atoms with Gasteiger partial charge in [-0.05, 0) is 18.6 Å². The lowest BCUT2D eigenvalue weighted by Crippen LogP contribution is -2.13. The third kappa shape index (κ3) is 2.58. The van der Waals surface area contributed by atoms with Crippen molar-refractivity contribution in [1.82, 2.24) is 0 Å². The molecule has 0 aliphatic heterocycles. The number of hydrogen-bond donors (Lipinski definition) is 1. The second-order valence-electron chi connectivity index (χ2n) is 3.14. The molecule has 76 valence electrons. The Morgan fingerprint density at radius 3 is 2.71 bits per heavy atom. The zero-order valence-corrected chi connectivity index (χ0v) is 9.62. The van der Waals surface area contributed by atoms with E-state index in [9.17, 15) is 9.90 Å². The summed E-state index contributed by atoms with van der Waals surface area (Å²) in [7, 11) is 0. The van der Waals surface area contributed by atoms with Gasteiger partial charge < -0.3 is 5.11 Å². The molecule has 1 N–H and O–H groups in total. The maximum Gasteiger partial charge on any atom is 0.180 e. The average molecular weight is 257 g/mol. The molecule has 1 aromatic rings. The maximum absolute atomic E-state index is 11.7. The number of hydrogen-bond acceptors (Lipinski definition) is 2. The highest BCUT2D eigenvalue weighted by molar-refractivity contribution is 9.10. The average Bonchev–Trinajstić information content (AvgIpc) is 2.18. The Hall–Kier alpha value is -0.830. The Balaban J connectivity index is 2.84. The first-order chi connectivity index (χ1) is 6.66. The highest BCUT2D eigenvalue weighted by Gasteiger charge is 2.18. The fourth-order valence-corrected chi connectivity index (χ4v) is 1.94. The number of para-hydroxylation sites is 1. The largest absolute Gasteiger partial charge is 0.507 e. The van der Waals surface area contributed by atoms with Crippen LogP contribution in [0.1, 0.15) is 30.1 Å². The zero-order valence-electron chi connectivity index (χ0n) is 8.03. The van der Waals surface area contributed by atoms with Crippen LogP contribution in [-0.4, -0.2) is 15.7 Å². The molecule has 0 bridgehead atoms. The highest BCUT2D eigenvalue weighted by Crippen LogP contribution is 2.22. The molecular formula is C11H13BrO2. The maximum atomic E-state index is 11.7. The predicted octanol–water partition coefficient (Wildman–Crippen LogP) is 3.14. The summed E-state index contributed by atoms with van der Waals surface area (Å²) in [5.74, 6) is 0.00278. The van der Waals surface area contributed by atoms with Gasteiger partial charge in [-0.3, -0.25) is 4.79 Å². The van der Waals surface area contributed by atoms with Gasteiger partial charge in [0.2, 0.25) is 0 Å². The van der Waals surface area contributed by atoms with Crippen LogP contribution in [0.3, 0.4) is 0 Å². The summed E-state index contributed by atoms with van der Waals surface area (Å²) in [6.45, 7) is 2.02. The number of Topliss-reactive ketones (excluding diaryl/α,β-unsaturated/α-hetero) is 1. The van der Waals surface area contributed by atoms with Gasteiger partial charge in [0.1, 0.15) is 5.75 Å². The fraction of sp³-hybridized carbons (Fsp3) is 0.364. The van der Waals surface area contributed by atoms with E-state index >= 15 is 0 Å². The standard InChI is InChI=1S/C11H13BrO2/c1-2-5-9(12)11(14)8-6-3-4-7-10(8)13/h3-4,6-7,9,13H,2,5H2,1H3. The molecular weight excluding hydrogens is 244 g/mol. The van der Waals surface area contributed by atoms with Gasteiger partial charge in [0.05, 0.1) is 10.4 Å². The van der Waals surface area contributed by atoms with E-state index in [1.165, 1.54) is 6.07 Å². The quantitative estimate of drug-likeness (QED) is 0.664. The molecule has 1 atom stereocenters. The smallest absolute Gasteiger partial charge is 0.180 e. The van der Waals surface area contributed by atoms with Gasteiger partial charge in [0, 0.05) is 0 Å². The third-order valence-corrected chi connectivity index (χ3v) is 2.87. The van der Waals surface area contributed by atoms with E-state index in [1.807, 2.05) is 6.92 Å². The van der Waals surface area contributed by atoms with Crippen LogP contribution < -0.4 is 0 Å². The molecule has 0 saturated heterocycles. The second kappa shape index (κ2) is 5.15. The molecule has 0 aliphatic carbocycles. The molecule has 0 aromatic heterocycles. The first-order valence-corrected chi connectivity index (χ1v) is 5.54. The molecule has 1 rings (SSSR count). The van der Waals surface area contributed by atoms with Gasteiger partial charge in [-0.2, -0.15) is 0 Å². The molecule has 3 heteroatoms. The summed E-state index contributed by atoms with van der Waals surface area (Å²) < 4.78 is 0. The molecule has 1 aromatic carbocycles. The van der Waals surface area contributed by atoms with E-state index in [4.69, 9.17) is 0 Å². The molecule has 0 aliphatic rings. The van der Waals surface area contributed by atoms with Gasteiger partial charge >= 0.3 is 0 Å².